The molecule has 2 fully saturated rings. The highest BCUT2D eigenvalue weighted by Gasteiger charge is 2.62. The fourth-order valence-electron chi connectivity index (χ4n) is 4.95. The Morgan fingerprint density at radius 1 is 1.07 bits per heavy atom. The van der Waals surface area contributed by atoms with Crippen LogP contribution in [0, 0.1) is 40.9 Å². The molecule has 0 N–H and O–H groups in total. The van der Waals surface area contributed by atoms with Crippen LogP contribution in [0.3, 0.4) is 0 Å². The maximum absolute atomic E-state index is 2.57. The van der Waals surface area contributed by atoms with E-state index in [1.807, 2.05) is 0 Å². The van der Waals surface area contributed by atoms with Crippen LogP contribution >= 0.6 is 0 Å². The van der Waals surface area contributed by atoms with Crippen LogP contribution in [-0.2, 0) is 0 Å². The van der Waals surface area contributed by atoms with Crippen molar-refractivity contribution in [1.29, 1.82) is 0 Å². The van der Waals surface area contributed by atoms with Gasteiger partial charge in [0.15, 0.2) is 0 Å². The predicted molar refractivity (Wildman–Crippen MR) is 66.7 cm³/mol. The molecule has 2 aliphatic carbocycles. The molecule has 0 nitrogen and oxygen atoms in total. The first-order chi connectivity index (χ1) is 6.90. The van der Waals surface area contributed by atoms with Gasteiger partial charge in [-0.1, -0.05) is 48.0 Å². The quantitative estimate of drug-likeness (QED) is 0.622. The molecule has 6 unspecified atom stereocenters. The van der Waals surface area contributed by atoms with Crippen LogP contribution in [0.2, 0.25) is 0 Å². The Hall–Kier alpha value is 0. The first-order valence-electron chi connectivity index (χ1n) is 6.90. The molecule has 88 valence electrons. The average molecular weight is 208 g/mol. The van der Waals surface area contributed by atoms with Crippen LogP contribution in [0.25, 0.3) is 0 Å². The molecule has 0 bridgehead atoms. The first-order valence-corrected chi connectivity index (χ1v) is 6.90. The van der Waals surface area contributed by atoms with Crippen LogP contribution in [-0.4, -0.2) is 0 Å². The summed E-state index contributed by atoms with van der Waals surface area (Å²) >= 11 is 0. The SMILES string of the molecule is CC(C)C(C)C1(C)C(C)C2CCC(C)C21. The summed E-state index contributed by atoms with van der Waals surface area (Å²) in [4.78, 5) is 0. The minimum absolute atomic E-state index is 0.634. The van der Waals surface area contributed by atoms with Gasteiger partial charge in [-0.3, -0.25) is 0 Å². The molecule has 2 rings (SSSR count). The Balaban J connectivity index is 2.21. The summed E-state index contributed by atoms with van der Waals surface area (Å²) in [7, 11) is 0. The molecule has 0 heteroatoms. The average Bonchev–Trinajstić information content (AvgIpc) is 2.54. The van der Waals surface area contributed by atoms with Crippen molar-refractivity contribution >= 4 is 0 Å². The molecule has 0 amide bonds. The van der Waals surface area contributed by atoms with Crippen LogP contribution < -0.4 is 0 Å². The third-order valence-electron chi connectivity index (χ3n) is 6.35. The fourth-order valence-corrected chi connectivity index (χ4v) is 4.95. The molecule has 0 spiro atoms. The van der Waals surface area contributed by atoms with Crippen LogP contribution in [0.15, 0.2) is 0 Å². The molecule has 0 saturated heterocycles. The van der Waals surface area contributed by atoms with Gasteiger partial charge in [-0.15, -0.1) is 0 Å². The molecule has 0 aromatic heterocycles. The lowest BCUT2D eigenvalue weighted by Crippen LogP contribution is -2.57. The summed E-state index contributed by atoms with van der Waals surface area (Å²) in [6, 6.07) is 0. The standard InChI is InChI=1S/C15H28/c1-9(2)11(4)15(6)12(5)13-8-7-10(3)14(13)15/h9-14H,7-8H2,1-6H3. The molecule has 0 aliphatic heterocycles. The van der Waals surface area contributed by atoms with Gasteiger partial charge < -0.3 is 0 Å². The summed E-state index contributed by atoms with van der Waals surface area (Å²) in [5.41, 5.74) is 0.634. The van der Waals surface area contributed by atoms with E-state index in [1.54, 1.807) is 0 Å². The second kappa shape index (κ2) is 3.50. The predicted octanol–water partition coefficient (Wildman–Crippen LogP) is 4.60. The van der Waals surface area contributed by atoms with Gasteiger partial charge in [0.05, 0.1) is 0 Å². The van der Waals surface area contributed by atoms with Gasteiger partial charge in [0.25, 0.3) is 0 Å². The fraction of sp³-hybridized carbons (Fsp3) is 1.00. The van der Waals surface area contributed by atoms with Crippen molar-refractivity contribution in [1.82, 2.24) is 0 Å². The normalized spacial score (nSPS) is 51.4. The highest BCUT2D eigenvalue weighted by Crippen LogP contribution is 2.68. The molecule has 0 aromatic rings. The van der Waals surface area contributed by atoms with E-state index in [2.05, 4.69) is 41.5 Å². The Bertz CT molecular complexity index is 242. The molecule has 2 saturated carbocycles. The smallest absolute Gasteiger partial charge is 0.0236 e. The second-order valence-electron chi connectivity index (χ2n) is 6.93. The highest BCUT2D eigenvalue weighted by molar-refractivity contribution is 5.10. The summed E-state index contributed by atoms with van der Waals surface area (Å²) in [6.45, 7) is 14.9. The molecular weight excluding hydrogens is 180 g/mol. The Kier molecular flexibility index (Phi) is 2.68. The molecule has 6 atom stereocenters. The van der Waals surface area contributed by atoms with E-state index in [1.165, 1.54) is 12.8 Å². The molecule has 2 aliphatic rings. The third kappa shape index (κ3) is 1.33. The van der Waals surface area contributed by atoms with Crippen molar-refractivity contribution in [3.8, 4) is 0 Å². The Morgan fingerprint density at radius 2 is 1.67 bits per heavy atom. The lowest BCUT2D eigenvalue weighted by molar-refractivity contribution is -0.145. The van der Waals surface area contributed by atoms with Gasteiger partial charge in [0, 0.05) is 0 Å². The topological polar surface area (TPSA) is 0 Å². The van der Waals surface area contributed by atoms with Crippen molar-refractivity contribution < 1.29 is 0 Å². The van der Waals surface area contributed by atoms with E-state index >= 15 is 0 Å². The van der Waals surface area contributed by atoms with Crippen LogP contribution in [0.5, 0.6) is 0 Å². The number of rotatable bonds is 2. The maximum Gasteiger partial charge on any atom is -0.0236 e. The summed E-state index contributed by atoms with van der Waals surface area (Å²) in [6.07, 6.45) is 2.99. The minimum atomic E-state index is 0.634. The van der Waals surface area contributed by atoms with Crippen LogP contribution in [0.4, 0.5) is 0 Å². The molecule has 0 aromatic carbocycles. The van der Waals surface area contributed by atoms with Gasteiger partial charge >= 0.3 is 0 Å². The van der Waals surface area contributed by atoms with Crippen molar-refractivity contribution in [3.05, 3.63) is 0 Å². The molecule has 0 heterocycles. The van der Waals surface area contributed by atoms with E-state index in [9.17, 15) is 0 Å². The zero-order valence-electron chi connectivity index (χ0n) is 11.4. The van der Waals surface area contributed by atoms with E-state index in [0.717, 1.165) is 35.5 Å². The minimum Gasteiger partial charge on any atom is -0.0625 e. The zero-order chi connectivity index (χ0) is 11.4. The largest absolute Gasteiger partial charge is 0.0625 e. The molecule has 15 heavy (non-hydrogen) atoms. The van der Waals surface area contributed by atoms with E-state index in [4.69, 9.17) is 0 Å². The van der Waals surface area contributed by atoms with Crippen molar-refractivity contribution in [3.63, 3.8) is 0 Å². The summed E-state index contributed by atoms with van der Waals surface area (Å²) in [5.74, 6) is 5.76. The van der Waals surface area contributed by atoms with Gasteiger partial charge in [-0.25, -0.2) is 0 Å². The summed E-state index contributed by atoms with van der Waals surface area (Å²) < 4.78 is 0. The number of hydrogen-bond acceptors (Lipinski definition) is 0. The zero-order valence-corrected chi connectivity index (χ0v) is 11.4. The number of hydrogen-bond donors (Lipinski definition) is 0. The van der Waals surface area contributed by atoms with E-state index < -0.39 is 0 Å². The van der Waals surface area contributed by atoms with Crippen molar-refractivity contribution in [2.24, 2.45) is 40.9 Å². The van der Waals surface area contributed by atoms with Crippen LogP contribution in [0.1, 0.15) is 54.4 Å². The van der Waals surface area contributed by atoms with Gasteiger partial charge in [-0.05, 0) is 47.3 Å². The van der Waals surface area contributed by atoms with Gasteiger partial charge in [0.2, 0.25) is 0 Å². The van der Waals surface area contributed by atoms with E-state index in [-0.39, 0.29) is 0 Å². The van der Waals surface area contributed by atoms with Gasteiger partial charge in [-0.2, -0.15) is 0 Å². The lowest BCUT2D eigenvalue weighted by Gasteiger charge is -2.62. The maximum atomic E-state index is 2.57. The van der Waals surface area contributed by atoms with Crippen molar-refractivity contribution in [2.45, 2.75) is 54.4 Å². The third-order valence-corrected chi connectivity index (χ3v) is 6.35. The lowest BCUT2D eigenvalue weighted by atomic mass is 9.43. The molecule has 0 radical (unpaired) electrons. The Labute approximate surface area is 95.8 Å². The summed E-state index contributed by atoms with van der Waals surface area (Å²) in [5, 5.41) is 0. The second-order valence-corrected chi connectivity index (χ2v) is 6.93. The Morgan fingerprint density at radius 3 is 2.20 bits per heavy atom. The molecular formula is C15H28. The monoisotopic (exact) mass is 208 g/mol. The van der Waals surface area contributed by atoms with Gasteiger partial charge in [0.1, 0.15) is 0 Å². The van der Waals surface area contributed by atoms with E-state index in [0.29, 0.717) is 5.41 Å². The van der Waals surface area contributed by atoms with Crippen molar-refractivity contribution in [2.75, 3.05) is 0 Å². The highest BCUT2D eigenvalue weighted by atomic mass is 14.7. The number of fused-ring (bicyclic) bond motifs is 1. The first kappa shape index (κ1) is 11.5.